The van der Waals surface area contributed by atoms with Gasteiger partial charge in [-0.25, -0.2) is 13.7 Å². The first kappa shape index (κ1) is 33.5. The van der Waals surface area contributed by atoms with Crippen LogP contribution < -0.4 is 19.7 Å². The van der Waals surface area contributed by atoms with Gasteiger partial charge in [-0.2, -0.15) is 0 Å². The maximum atomic E-state index is 14.7. The lowest BCUT2D eigenvalue weighted by molar-refractivity contribution is -0.137. The molecule has 0 spiro atoms. The molecule has 2 heterocycles. The molecule has 2 aliphatic carbocycles. The van der Waals surface area contributed by atoms with E-state index in [0.29, 0.717) is 29.5 Å². The van der Waals surface area contributed by atoms with Crippen LogP contribution in [-0.4, -0.2) is 54.7 Å². The maximum Gasteiger partial charge on any atom is 0.327 e. The molecule has 252 valence electrons. The normalized spacial score (nSPS) is 30.2. The topological polar surface area (TPSA) is 119 Å². The van der Waals surface area contributed by atoms with Crippen molar-refractivity contribution in [1.29, 1.82) is 0 Å². The number of halogens is 1. The van der Waals surface area contributed by atoms with Crippen molar-refractivity contribution in [2.75, 3.05) is 31.7 Å². The molecule has 0 radical (unpaired) electrons. The first-order valence-electron chi connectivity index (χ1n) is 16.3. The Balaban J connectivity index is 1.53. The van der Waals surface area contributed by atoms with Crippen LogP contribution in [-0.2, 0) is 30.6 Å². The largest absolute Gasteiger partial charge is 0.483 e. The summed E-state index contributed by atoms with van der Waals surface area (Å²) in [5.74, 6) is 0.163. The minimum atomic E-state index is -3.80. The summed E-state index contributed by atoms with van der Waals surface area (Å²) in [5.41, 5.74) is 2.82. The molecular formula is C35H43ClN4O6S. The van der Waals surface area contributed by atoms with Gasteiger partial charge in [-0.3, -0.25) is 4.79 Å². The SMILES string of the molecule is CCNC(=O)NS1(=O)=NC(=O)C(C)(C)OC/C=C/[C@H](OC)[C@@H]2CC/C2=C\N2C[C@H]3CCCc4cc(Cl)ccc4C3Oc3ccc1cc32. The van der Waals surface area contributed by atoms with Crippen molar-refractivity contribution >= 4 is 39.1 Å². The summed E-state index contributed by atoms with van der Waals surface area (Å²) in [4.78, 5) is 28.7. The number of benzene rings is 2. The highest BCUT2D eigenvalue weighted by Crippen LogP contribution is 2.47. The number of rotatable bonds is 3. The second-order valence-corrected chi connectivity index (χ2v) is 15.3. The Kier molecular flexibility index (Phi) is 9.71. The number of nitrogens with one attached hydrogen (secondary N) is 2. The molecule has 2 unspecified atom stereocenters. The van der Waals surface area contributed by atoms with Crippen molar-refractivity contribution in [2.24, 2.45) is 16.2 Å². The van der Waals surface area contributed by atoms with Crippen LogP contribution in [0.3, 0.4) is 0 Å². The van der Waals surface area contributed by atoms with E-state index in [1.807, 2.05) is 24.3 Å². The van der Waals surface area contributed by atoms with Crippen LogP contribution in [0.25, 0.3) is 0 Å². The molecule has 5 atom stereocenters. The van der Waals surface area contributed by atoms with Crippen molar-refractivity contribution in [3.63, 3.8) is 0 Å². The second-order valence-electron chi connectivity index (χ2n) is 13.0. The van der Waals surface area contributed by atoms with Crippen LogP contribution in [0, 0.1) is 11.8 Å². The lowest BCUT2D eigenvalue weighted by Crippen LogP contribution is -2.41. The van der Waals surface area contributed by atoms with Gasteiger partial charge in [-0.05, 0) is 99.9 Å². The standard InChI is InChI=1S/C35H43ClN4O6S/c1-5-37-34(42)39-47(43)26-13-16-31-29(19-26)40(21-24-9-6-8-22-18-25(36)12-15-28(22)32(24)46-31)20-23-11-14-27(23)30(44-4)10-7-17-45-35(2,3)33(41)38-47/h7,10,12-13,15-16,18-20,24,27,30,32H,5-6,8-9,11,14,17,21H2,1-4H3,(H2,37,38,39,41,42,43)/b10-7+,23-20+/t24-,27-,30+,32?,47?/m1/s1. The van der Waals surface area contributed by atoms with Crippen molar-refractivity contribution in [3.8, 4) is 5.75 Å². The molecule has 4 aliphatic rings. The number of nitrogens with zero attached hydrogens (tertiary/aromatic N) is 2. The van der Waals surface area contributed by atoms with Gasteiger partial charge in [0.2, 0.25) is 0 Å². The zero-order valence-electron chi connectivity index (χ0n) is 27.3. The smallest absolute Gasteiger partial charge is 0.327 e. The van der Waals surface area contributed by atoms with Gasteiger partial charge in [0.05, 0.1) is 23.3 Å². The molecule has 1 saturated carbocycles. The molecule has 2 N–H and O–H groups in total. The number of anilines is 1. The fourth-order valence-electron chi connectivity index (χ4n) is 6.76. The molecule has 2 aliphatic heterocycles. The Hall–Kier alpha value is -3.38. The zero-order chi connectivity index (χ0) is 33.3. The van der Waals surface area contributed by atoms with Crippen molar-refractivity contribution in [2.45, 2.75) is 75.6 Å². The number of ether oxygens (including phenoxy) is 3. The van der Waals surface area contributed by atoms with Crippen LogP contribution in [0.15, 0.2) is 69.6 Å². The molecule has 47 heavy (non-hydrogen) atoms. The second kappa shape index (κ2) is 13.6. The molecule has 2 aromatic carbocycles. The highest BCUT2D eigenvalue weighted by Gasteiger charge is 2.38. The first-order valence-corrected chi connectivity index (χ1v) is 18.2. The van der Waals surface area contributed by atoms with E-state index in [1.165, 1.54) is 11.1 Å². The molecule has 0 saturated heterocycles. The van der Waals surface area contributed by atoms with Crippen LogP contribution in [0.2, 0.25) is 5.02 Å². The van der Waals surface area contributed by atoms with E-state index in [0.717, 1.165) is 37.7 Å². The molecule has 12 heteroatoms. The molecule has 3 amide bonds. The van der Waals surface area contributed by atoms with Gasteiger partial charge in [-0.15, -0.1) is 4.36 Å². The predicted molar refractivity (Wildman–Crippen MR) is 182 cm³/mol. The fourth-order valence-corrected chi connectivity index (χ4v) is 8.52. The monoisotopic (exact) mass is 682 g/mol. The minimum absolute atomic E-state index is 0.128. The summed E-state index contributed by atoms with van der Waals surface area (Å²) in [5, 5.41) is 3.31. The molecule has 1 fully saturated rings. The fraction of sp³-hybridized carbons (Fsp3) is 0.486. The lowest BCUT2D eigenvalue weighted by atomic mass is 9.76. The summed E-state index contributed by atoms with van der Waals surface area (Å²) in [6.07, 6.45) is 10.4. The van der Waals surface area contributed by atoms with E-state index in [2.05, 4.69) is 31.6 Å². The van der Waals surface area contributed by atoms with Gasteiger partial charge in [0.15, 0.2) is 9.92 Å². The van der Waals surface area contributed by atoms with E-state index >= 15 is 0 Å². The summed E-state index contributed by atoms with van der Waals surface area (Å²) in [7, 11) is -2.10. The number of fused-ring (bicyclic) bond motifs is 5. The summed E-state index contributed by atoms with van der Waals surface area (Å²) in [6, 6.07) is 10.4. The Morgan fingerprint density at radius 2 is 2.02 bits per heavy atom. The van der Waals surface area contributed by atoms with Gasteiger partial charge in [0, 0.05) is 43.3 Å². The van der Waals surface area contributed by atoms with E-state index in [1.54, 1.807) is 46.1 Å². The Bertz CT molecular complexity index is 1730. The van der Waals surface area contributed by atoms with Gasteiger partial charge < -0.3 is 24.4 Å². The van der Waals surface area contributed by atoms with Crippen LogP contribution in [0.5, 0.6) is 5.75 Å². The van der Waals surface area contributed by atoms with E-state index < -0.39 is 27.5 Å². The summed E-state index contributed by atoms with van der Waals surface area (Å²) < 4.78 is 40.0. The number of hydrogen-bond acceptors (Lipinski definition) is 7. The average Bonchev–Trinajstić information content (AvgIpc) is 3.27. The van der Waals surface area contributed by atoms with Crippen LogP contribution >= 0.6 is 11.6 Å². The van der Waals surface area contributed by atoms with Gasteiger partial charge in [0.25, 0.3) is 5.91 Å². The Morgan fingerprint density at radius 1 is 1.19 bits per heavy atom. The van der Waals surface area contributed by atoms with Gasteiger partial charge >= 0.3 is 6.03 Å². The number of carbonyl (C=O) groups is 2. The molecule has 6 rings (SSSR count). The van der Waals surface area contributed by atoms with E-state index in [-0.39, 0.29) is 35.5 Å². The molecular weight excluding hydrogens is 640 g/mol. The van der Waals surface area contributed by atoms with Crippen molar-refractivity contribution < 1.29 is 28.0 Å². The average molecular weight is 683 g/mol. The number of amides is 3. The summed E-state index contributed by atoms with van der Waals surface area (Å²) in [6.45, 7) is 5.97. The molecule has 2 aromatic rings. The predicted octanol–water partition coefficient (Wildman–Crippen LogP) is 6.49. The van der Waals surface area contributed by atoms with Crippen LogP contribution in [0.4, 0.5) is 10.5 Å². The van der Waals surface area contributed by atoms with Crippen LogP contribution in [0.1, 0.15) is 63.7 Å². The number of aryl methyl sites for hydroxylation is 1. The number of methoxy groups -OCH3 is 1. The maximum absolute atomic E-state index is 14.7. The Labute approximate surface area is 282 Å². The van der Waals surface area contributed by atoms with Crippen molar-refractivity contribution in [1.82, 2.24) is 10.0 Å². The first-order chi connectivity index (χ1) is 22.5. The third-order valence-corrected chi connectivity index (χ3v) is 11.5. The van der Waals surface area contributed by atoms with Crippen molar-refractivity contribution in [3.05, 3.63) is 76.5 Å². The molecule has 2 bridgehead atoms. The highest BCUT2D eigenvalue weighted by atomic mass is 35.5. The van der Waals surface area contributed by atoms with E-state index in [4.69, 9.17) is 25.8 Å². The van der Waals surface area contributed by atoms with E-state index in [9.17, 15) is 13.8 Å². The third kappa shape index (κ3) is 6.95. The number of carbonyl (C=O) groups excluding carboxylic acids is 2. The number of hydrogen-bond donors (Lipinski definition) is 2. The lowest BCUT2D eigenvalue weighted by Gasteiger charge is -2.37. The quantitative estimate of drug-likeness (QED) is 0.355. The minimum Gasteiger partial charge on any atom is -0.483 e. The highest BCUT2D eigenvalue weighted by molar-refractivity contribution is 7.92. The Morgan fingerprint density at radius 3 is 2.77 bits per heavy atom. The zero-order valence-corrected chi connectivity index (χ0v) is 28.9. The van der Waals surface area contributed by atoms with Gasteiger partial charge in [-0.1, -0.05) is 29.8 Å². The summed E-state index contributed by atoms with van der Waals surface area (Å²) >= 11 is 6.40. The molecule has 10 nitrogen and oxygen atoms in total. The third-order valence-electron chi connectivity index (χ3n) is 9.48. The number of urea groups is 1. The molecule has 0 aromatic heterocycles. The van der Waals surface area contributed by atoms with Gasteiger partial charge in [0.1, 0.15) is 17.5 Å².